The first-order valence-electron chi connectivity index (χ1n) is 11.1. The Morgan fingerprint density at radius 3 is 2.34 bits per heavy atom. The van der Waals surface area contributed by atoms with Crippen LogP contribution in [0, 0.1) is 0 Å². The fraction of sp³-hybridized carbons (Fsp3) is 0.500. The van der Waals surface area contributed by atoms with Crippen LogP contribution in [0.2, 0.25) is 5.02 Å². The van der Waals surface area contributed by atoms with E-state index in [0.717, 1.165) is 25.2 Å². The minimum absolute atomic E-state index is 0.113. The molecule has 0 saturated carbocycles. The van der Waals surface area contributed by atoms with Crippen molar-refractivity contribution in [3.05, 3.63) is 56.0 Å². The summed E-state index contributed by atoms with van der Waals surface area (Å²) in [6.45, 7) is 4.60. The van der Waals surface area contributed by atoms with Crippen LogP contribution in [0.5, 0.6) is 0 Å². The number of nitrogens with zero attached hydrogens (tertiary/aromatic N) is 7. The van der Waals surface area contributed by atoms with Crippen molar-refractivity contribution in [1.29, 1.82) is 0 Å². The molecular weight excluding hydrogens is 430 g/mol. The van der Waals surface area contributed by atoms with Crippen molar-refractivity contribution in [3.8, 4) is 0 Å². The van der Waals surface area contributed by atoms with Crippen LogP contribution in [0.3, 0.4) is 0 Å². The monoisotopic (exact) mass is 455 g/mol. The summed E-state index contributed by atoms with van der Waals surface area (Å²) in [4.78, 5) is 43.5. The molecule has 0 aliphatic carbocycles. The van der Waals surface area contributed by atoms with E-state index in [4.69, 9.17) is 11.6 Å². The third-order valence-electron chi connectivity index (χ3n) is 6.52. The molecule has 2 saturated heterocycles. The normalized spacial score (nSPS) is 18.0. The zero-order valence-corrected chi connectivity index (χ0v) is 18.8. The number of pyridine rings is 1. The van der Waals surface area contributed by atoms with E-state index < -0.39 is 11.1 Å². The Kier molecular flexibility index (Phi) is 5.69. The molecule has 0 radical (unpaired) electrons. The second-order valence-corrected chi connectivity index (χ2v) is 9.06. The predicted molar refractivity (Wildman–Crippen MR) is 123 cm³/mol. The molecule has 0 bridgehead atoms. The van der Waals surface area contributed by atoms with Crippen LogP contribution in [0.15, 0.2) is 34.2 Å². The van der Waals surface area contributed by atoms with Crippen molar-refractivity contribution in [1.82, 2.24) is 29.0 Å². The van der Waals surface area contributed by atoms with Crippen molar-refractivity contribution < 1.29 is 0 Å². The molecule has 3 aromatic rings. The van der Waals surface area contributed by atoms with Crippen LogP contribution in [0.25, 0.3) is 11.2 Å². The number of hydrogen-bond donors (Lipinski definition) is 0. The molecule has 2 fully saturated rings. The van der Waals surface area contributed by atoms with Gasteiger partial charge in [0.15, 0.2) is 5.65 Å². The second kappa shape index (κ2) is 8.63. The Labute approximate surface area is 190 Å². The zero-order valence-electron chi connectivity index (χ0n) is 18.1. The smallest absolute Gasteiger partial charge is 0.318 e. The summed E-state index contributed by atoms with van der Waals surface area (Å²) in [5.74, 6) is 0.708. The first-order valence-corrected chi connectivity index (χ1v) is 11.4. The maximum Gasteiger partial charge on any atom is 0.318 e. The molecule has 0 atom stereocenters. The number of fused-ring (bicyclic) bond motifs is 1. The van der Waals surface area contributed by atoms with Crippen LogP contribution in [-0.2, 0) is 13.6 Å². The number of aromatic nitrogens is 5. The molecule has 0 N–H and O–H groups in total. The molecule has 0 aromatic carbocycles. The standard InChI is InChI=1S/C22H26ClN7O2/c1-27-18-10-16(23)13-24-19(18)30(21(32)20(27)31)17-4-8-29(9-5-17)22-25-11-15(12-26-22)14-28-6-2-3-7-28/h10-13,17H,2-9,14H2,1H3. The molecule has 0 amide bonds. The van der Waals surface area contributed by atoms with Gasteiger partial charge in [0, 0.05) is 56.9 Å². The Balaban J connectivity index is 1.33. The molecule has 9 nitrogen and oxygen atoms in total. The van der Waals surface area contributed by atoms with Gasteiger partial charge in [0.1, 0.15) is 0 Å². The highest BCUT2D eigenvalue weighted by atomic mass is 35.5. The summed E-state index contributed by atoms with van der Waals surface area (Å²) in [6.07, 6.45) is 9.27. The van der Waals surface area contributed by atoms with Crippen molar-refractivity contribution in [2.24, 2.45) is 7.05 Å². The van der Waals surface area contributed by atoms with E-state index in [-0.39, 0.29) is 6.04 Å². The lowest BCUT2D eigenvalue weighted by Crippen LogP contribution is -2.45. The lowest BCUT2D eigenvalue weighted by atomic mass is 10.0. The predicted octanol–water partition coefficient (Wildman–Crippen LogP) is 1.98. The van der Waals surface area contributed by atoms with Crippen LogP contribution in [0.1, 0.15) is 37.3 Å². The van der Waals surface area contributed by atoms with E-state index in [1.165, 1.54) is 23.6 Å². The number of rotatable bonds is 4. The molecule has 3 aromatic heterocycles. The number of anilines is 1. The van der Waals surface area contributed by atoms with Crippen LogP contribution >= 0.6 is 11.6 Å². The minimum atomic E-state index is -0.569. The van der Waals surface area contributed by atoms with Gasteiger partial charge in [-0.3, -0.25) is 19.1 Å². The molecule has 2 aliphatic rings. The summed E-state index contributed by atoms with van der Waals surface area (Å²) >= 11 is 6.08. The van der Waals surface area contributed by atoms with Gasteiger partial charge in [-0.15, -0.1) is 0 Å². The number of halogens is 1. The first-order chi connectivity index (χ1) is 15.5. The van der Waals surface area contributed by atoms with Gasteiger partial charge in [-0.1, -0.05) is 11.6 Å². The van der Waals surface area contributed by atoms with E-state index in [9.17, 15) is 9.59 Å². The fourth-order valence-electron chi connectivity index (χ4n) is 4.76. The average Bonchev–Trinajstić information content (AvgIpc) is 3.32. The van der Waals surface area contributed by atoms with Gasteiger partial charge in [-0.25, -0.2) is 15.0 Å². The number of likely N-dealkylation sites (tertiary alicyclic amines) is 1. The average molecular weight is 456 g/mol. The molecule has 168 valence electrons. The van der Waals surface area contributed by atoms with Crippen molar-refractivity contribution in [2.75, 3.05) is 31.1 Å². The zero-order chi connectivity index (χ0) is 22.2. The molecular formula is C22H26ClN7O2. The number of piperidine rings is 1. The summed E-state index contributed by atoms with van der Waals surface area (Å²) in [5.41, 5.74) is 1.06. The van der Waals surface area contributed by atoms with Crippen molar-refractivity contribution in [3.63, 3.8) is 0 Å². The summed E-state index contributed by atoms with van der Waals surface area (Å²) in [6, 6.07) is 1.56. The SMILES string of the molecule is Cn1c(=O)c(=O)n(C2CCN(c3ncc(CN4CCCC4)cn3)CC2)c2ncc(Cl)cc21. The van der Waals surface area contributed by atoms with E-state index in [1.54, 1.807) is 17.7 Å². The van der Waals surface area contributed by atoms with E-state index >= 15 is 0 Å². The van der Waals surface area contributed by atoms with Gasteiger partial charge in [0.2, 0.25) is 5.95 Å². The van der Waals surface area contributed by atoms with Crippen LogP contribution in [-0.4, -0.2) is 55.2 Å². The van der Waals surface area contributed by atoms with Gasteiger partial charge in [0.25, 0.3) is 0 Å². The molecule has 32 heavy (non-hydrogen) atoms. The lowest BCUT2D eigenvalue weighted by molar-refractivity contribution is 0.330. The van der Waals surface area contributed by atoms with Gasteiger partial charge < -0.3 is 9.47 Å². The van der Waals surface area contributed by atoms with Gasteiger partial charge in [0.05, 0.1) is 10.5 Å². The first kappa shape index (κ1) is 21.1. The Morgan fingerprint density at radius 2 is 1.66 bits per heavy atom. The highest BCUT2D eigenvalue weighted by molar-refractivity contribution is 6.31. The Bertz CT molecular complexity index is 1240. The van der Waals surface area contributed by atoms with E-state index in [1.807, 2.05) is 12.4 Å². The second-order valence-electron chi connectivity index (χ2n) is 8.63. The molecule has 0 unspecified atom stereocenters. The quantitative estimate of drug-likeness (QED) is 0.555. The third kappa shape index (κ3) is 3.91. The Morgan fingerprint density at radius 1 is 0.969 bits per heavy atom. The highest BCUT2D eigenvalue weighted by Crippen LogP contribution is 2.26. The maximum atomic E-state index is 12.8. The molecule has 2 aliphatic heterocycles. The molecule has 0 spiro atoms. The minimum Gasteiger partial charge on any atom is -0.341 e. The lowest BCUT2D eigenvalue weighted by Gasteiger charge is -2.33. The van der Waals surface area contributed by atoms with Gasteiger partial charge in [-0.2, -0.15) is 0 Å². The number of aryl methyl sites for hydroxylation is 1. The fourth-order valence-corrected chi connectivity index (χ4v) is 4.91. The largest absolute Gasteiger partial charge is 0.341 e. The van der Waals surface area contributed by atoms with E-state index in [0.29, 0.717) is 48.1 Å². The molecule has 5 heterocycles. The molecule has 5 rings (SSSR count). The topological polar surface area (TPSA) is 89.2 Å². The Hall–Kier alpha value is -2.78. The molecule has 10 heteroatoms. The third-order valence-corrected chi connectivity index (χ3v) is 6.73. The summed E-state index contributed by atoms with van der Waals surface area (Å²) in [7, 11) is 1.57. The van der Waals surface area contributed by atoms with Crippen molar-refractivity contribution in [2.45, 2.75) is 38.3 Å². The van der Waals surface area contributed by atoms with E-state index in [2.05, 4.69) is 24.8 Å². The van der Waals surface area contributed by atoms with Gasteiger partial charge >= 0.3 is 11.1 Å². The highest BCUT2D eigenvalue weighted by Gasteiger charge is 2.26. The van der Waals surface area contributed by atoms with Crippen LogP contribution in [0.4, 0.5) is 5.95 Å². The maximum absolute atomic E-state index is 12.8. The summed E-state index contributed by atoms with van der Waals surface area (Å²) in [5, 5.41) is 0.429. The van der Waals surface area contributed by atoms with Gasteiger partial charge in [-0.05, 0) is 44.8 Å². The van der Waals surface area contributed by atoms with Crippen molar-refractivity contribution >= 4 is 28.7 Å². The summed E-state index contributed by atoms with van der Waals surface area (Å²) < 4.78 is 2.87. The van der Waals surface area contributed by atoms with Crippen LogP contribution < -0.4 is 16.0 Å². The number of hydrogen-bond acceptors (Lipinski definition) is 7.